The van der Waals surface area contributed by atoms with Crippen LogP contribution < -0.4 is 17.3 Å². The van der Waals surface area contributed by atoms with Gasteiger partial charge in [0, 0.05) is 18.1 Å². The zero-order valence-electron chi connectivity index (χ0n) is 14.5. The molecule has 1 aliphatic carbocycles. The average molecular weight is 389 g/mol. The van der Waals surface area contributed by atoms with Crippen LogP contribution in [0.15, 0.2) is 23.2 Å². The van der Waals surface area contributed by atoms with Crippen molar-refractivity contribution in [3.05, 3.63) is 23.4 Å². The third-order valence-corrected chi connectivity index (χ3v) is 6.97. The fourth-order valence-corrected chi connectivity index (χ4v) is 5.45. The van der Waals surface area contributed by atoms with Crippen LogP contribution in [-0.2, 0) is 0 Å². The van der Waals surface area contributed by atoms with Crippen molar-refractivity contribution in [2.24, 2.45) is 5.92 Å². The predicted molar refractivity (Wildman–Crippen MR) is 99.5 cm³/mol. The lowest BCUT2D eigenvalue weighted by Crippen LogP contribution is -3.13. The Hall–Kier alpha value is 0.0400. The summed E-state index contributed by atoms with van der Waals surface area (Å²) in [7, 11) is 0. The second-order valence-electron chi connectivity index (χ2n) is 7.26. The largest absolute Gasteiger partial charge is 1.00 e. The third-order valence-electron chi connectivity index (χ3n) is 5.48. The van der Waals surface area contributed by atoms with E-state index in [2.05, 4.69) is 11.1 Å². The number of pyridine rings is 1. The van der Waals surface area contributed by atoms with Crippen LogP contribution in [-0.4, -0.2) is 29.9 Å². The fourth-order valence-electron chi connectivity index (χ4n) is 4.11. The lowest BCUT2D eigenvalue weighted by atomic mass is 9.86. The molecular weight excluding hydrogens is 359 g/mol. The fraction of sp³-hybridized carbons (Fsp3) is 0.737. The Bertz CT molecular complexity index is 472. The van der Waals surface area contributed by atoms with Crippen LogP contribution in [0.25, 0.3) is 0 Å². The van der Waals surface area contributed by atoms with Crippen LogP contribution >= 0.6 is 23.4 Å². The lowest BCUT2D eigenvalue weighted by Gasteiger charge is -2.29. The molecule has 1 aliphatic heterocycles. The van der Waals surface area contributed by atoms with Crippen LogP contribution in [0.4, 0.5) is 0 Å². The molecule has 0 bridgehead atoms. The van der Waals surface area contributed by atoms with Crippen LogP contribution in [0.2, 0.25) is 5.15 Å². The first-order chi connectivity index (χ1) is 11.3. The molecule has 0 amide bonds. The molecule has 0 spiro atoms. The van der Waals surface area contributed by atoms with Gasteiger partial charge in [-0.2, -0.15) is 0 Å². The topological polar surface area (TPSA) is 17.3 Å². The van der Waals surface area contributed by atoms with Crippen molar-refractivity contribution in [3.8, 4) is 0 Å². The van der Waals surface area contributed by atoms with E-state index in [1.165, 1.54) is 77.4 Å². The predicted octanol–water partition coefficient (Wildman–Crippen LogP) is 1.24. The lowest BCUT2D eigenvalue weighted by molar-refractivity contribution is -0.904. The molecule has 2 nitrogen and oxygen atoms in total. The van der Waals surface area contributed by atoms with E-state index in [9.17, 15) is 0 Å². The summed E-state index contributed by atoms with van der Waals surface area (Å²) in [5.41, 5.74) is 0. The zero-order valence-corrected chi connectivity index (χ0v) is 16.8. The van der Waals surface area contributed by atoms with Gasteiger partial charge in [-0.15, -0.1) is 11.8 Å². The molecule has 3 rings (SSSR count). The first-order valence-electron chi connectivity index (χ1n) is 9.42. The van der Waals surface area contributed by atoms with Crippen LogP contribution in [0.5, 0.6) is 0 Å². The molecule has 2 aliphatic rings. The molecule has 2 fully saturated rings. The third kappa shape index (κ3) is 6.74. The Labute approximate surface area is 162 Å². The molecule has 136 valence electrons. The minimum Gasteiger partial charge on any atom is -1.00 e. The van der Waals surface area contributed by atoms with Crippen LogP contribution in [0.3, 0.4) is 0 Å². The summed E-state index contributed by atoms with van der Waals surface area (Å²) in [5.74, 6) is 1.05. The maximum Gasteiger partial charge on any atom is 0.130 e. The van der Waals surface area contributed by atoms with E-state index in [1.54, 1.807) is 0 Å². The van der Waals surface area contributed by atoms with Crippen LogP contribution in [0.1, 0.15) is 57.8 Å². The van der Waals surface area contributed by atoms with Gasteiger partial charge in [-0.05, 0) is 30.9 Å². The van der Waals surface area contributed by atoms with Crippen molar-refractivity contribution in [3.63, 3.8) is 0 Å². The van der Waals surface area contributed by atoms with E-state index in [1.807, 2.05) is 28.8 Å². The minimum atomic E-state index is 0. The number of piperidine rings is 1. The molecule has 0 unspecified atom stereocenters. The molecule has 2 heterocycles. The Balaban J connectivity index is 0.00000208. The van der Waals surface area contributed by atoms with Crippen molar-refractivity contribution in [2.75, 3.05) is 19.6 Å². The highest BCUT2D eigenvalue weighted by molar-refractivity contribution is 7.99. The van der Waals surface area contributed by atoms with E-state index in [0.717, 1.165) is 16.2 Å². The maximum absolute atomic E-state index is 5.98. The highest BCUT2D eigenvalue weighted by Crippen LogP contribution is 2.28. The smallest absolute Gasteiger partial charge is 0.130 e. The zero-order chi connectivity index (χ0) is 15.9. The first-order valence-corrected chi connectivity index (χ1v) is 10.7. The number of thioether (sulfide) groups is 1. The number of quaternary nitrogens is 1. The summed E-state index contributed by atoms with van der Waals surface area (Å²) in [5, 5.41) is 2.42. The molecule has 1 saturated carbocycles. The average Bonchev–Trinajstić information content (AvgIpc) is 2.58. The number of hydrogen-bond acceptors (Lipinski definition) is 2. The first kappa shape index (κ1) is 20.4. The van der Waals surface area contributed by atoms with Gasteiger partial charge in [0.25, 0.3) is 0 Å². The molecule has 0 radical (unpaired) electrons. The van der Waals surface area contributed by atoms with E-state index < -0.39 is 0 Å². The number of nitrogens with zero attached hydrogens (tertiary/aromatic N) is 1. The summed E-state index contributed by atoms with van der Waals surface area (Å²) < 4.78 is 0. The molecule has 0 aromatic carbocycles. The van der Waals surface area contributed by atoms with Crippen LogP contribution in [0, 0.1) is 5.92 Å². The Morgan fingerprint density at radius 2 is 1.83 bits per heavy atom. The maximum atomic E-state index is 5.98. The van der Waals surface area contributed by atoms with Gasteiger partial charge in [-0.3, -0.25) is 0 Å². The van der Waals surface area contributed by atoms with Gasteiger partial charge >= 0.3 is 0 Å². The van der Waals surface area contributed by atoms with Crippen molar-refractivity contribution >= 4 is 23.4 Å². The number of aromatic nitrogens is 1. The number of rotatable bonds is 6. The number of nitrogens with one attached hydrogen (secondary N) is 1. The van der Waals surface area contributed by atoms with Gasteiger partial charge < -0.3 is 17.3 Å². The Morgan fingerprint density at radius 3 is 2.54 bits per heavy atom. The summed E-state index contributed by atoms with van der Waals surface area (Å²) in [6.45, 7) is 4.06. The number of halogens is 2. The van der Waals surface area contributed by atoms with E-state index in [4.69, 9.17) is 11.6 Å². The molecule has 0 atom stereocenters. The van der Waals surface area contributed by atoms with Crippen molar-refractivity contribution in [1.82, 2.24) is 4.98 Å². The van der Waals surface area contributed by atoms with Crippen molar-refractivity contribution in [2.45, 2.75) is 68.1 Å². The van der Waals surface area contributed by atoms with Gasteiger partial charge in [0.1, 0.15) is 5.15 Å². The van der Waals surface area contributed by atoms with Gasteiger partial charge in [-0.1, -0.05) is 49.8 Å². The quantitative estimate of drug-likeness (QED) is 0.738. The Morgan fingerprint density at radius 1 is 1.08 bits per heavy atom. The second kappa shape index (κ2) is 10.9. The summed E-state index contributed by atoms with van der Waals surface area (Å²) in [6, 6.07) is 5.94. The van der Waals surface area contributed by atoms with Gasteiger partial charge in [0.05, 0.1) is 24.7 Å². The monoisotopic (exact) mass is 388 g/mol. The van der Waals surface area contributed by atoms with Crippen molar-refractivity contribution < 1.29 is 17.3 Å². The van der Waals surface area contributed by atoms with E-state index >= 15 is 0 Å². The summed E-state index contributed by atoms with van der Waals surface area (Å²) in [6.07, 6.45) is 13.0. The second-order valence-corrected chi connectivity index (χ2v) is 8.97. The molecule has 24 heavy (non-hydrogen) atoms. The standard InChI is InChI=1S/C19H29ClN2S.ClH/c20-18-9-4-10-19(21-18)23-17-11-14-22(15-12-17)13-5-8-16-6-2-1-3-7-16;/h4,9-10,16-17H,1-3,5-8,11-15H2;1H. The summed E-state index contributed by atoms with van der Waals surface area (Å²) in [4.78, 5) is 6.24. The molecule has 1 N–H and O–H groups in total. The number of hydrogen-bond donors (Lipinski definition) is 1. The molecule has 1 saturated heterocycles. The van der Waals surface area contributed by atoms with Gasteiger partial charge in [0.2, 0.25) is 0 Å². The molecule has 1 aromatic rings. The minimum absolute atomic E-state index is 0. The Kier molecular flexibility index (Phi) is 9.25. The summed E-state index contributed by atoms with van der Waals surface area (Å²) >= 11 is 7.90. The number of likely N-dealkylation sites (tertiary alicyclic amines) is 1. The van der Waals surface area contributed by atoms with Gasteiger partial charge in [0.15, 0.2) is 0 Å². The molecule has 5 heteroatoms. The van der Waals surface area contributed by atoms with E-state index in [-0.39, 0.29) is 12.4 Å². The normalized spacial score (nSPS) is 25.2. The van der Waals surface area contributed by atoms with Crippen molar-refractivity contribution in [1.29, 1.82) is 0 Å². The highest BCUT2D eigenvalue weighted by Gasteiger charge is 2.23. The SMILES string of the molecule is Clc1cccc(SC2CC[NH+](CCCC3CCCCC3)CC2)n1.[Cl-]. The molecular formula is C19H30Cl2N2S. The highest BCUT2D eigenvalue weighted by atomic mass is 35.5. The molecule has 1 aromatic heterocycles. The van der Waals surface area contributed by atoms with E-state index in [0.29, 0.717) is 5.15 Å². The van der Waals surface area contributed by atoms with Gasteiger partial charge in [-0.25, -0.2) is 4.98 Å².